The third-order valence-electron chi connectivity index (χ3n) is 2.91. The van der Waals surface area contributed by atoms with Gasteiger partial charge in [-0.25, -0.2) is 18.5 Å². The topological polar surface area (TPSA) is 143 Å². The molecule has 1 aliphatic rings. The van der Waals surface area contributed by atoms with E-state index in [4.69, 9.17) is 10.9 Å². The molecule has 6 N–H and O–H groups in total. The molecule has 2 rings (SSSR count). The van der Waals surface area contributed by atoms with Gasteiger partial charge in [0.1, 0.15) is 10.7 Å². The normalized spacial score (nSPS) is 16.0. The summed E-state index contributed by atoms with van der Waals surface area (Å²) in [4.78, 5) is 18.5. The first kappa shape index (κ1) is 15.9. The van der Waals surface area contributed by atoms with Gasteiger partial charge in [-0.05, 0) is 0 Å². The summed E-state index contributed by atoms with van der Waals surface area (Å²) in [5.41, 5.74) is 5.76. The quantitative estimate of drug-likeness (QED) is 0.495. The number of amides is 1. The minimum atomic E-state index is -3.60. The van der Waals surface area contributed by atoms with Gasteiger partial charge >= 0.3 is 0 Å². The van der Waals surface area contributed by atoms with Crippen molar-refractivity contribution >= 4 is 38.2 Å². The van der Waals surface area contributed by atoms with E-state index in [9.17, 15) is 13.2 Å². The maximum absolute atomic E-state index is 12.0. The molecule has 0 bridgehead atoms. The van der Waals surface area contributed by atoms with Gasteiger partial charge in [0.15, 0.2) is 5.13 Å². The van der Waals surface area contributed by atoms with E-state index >= 15 is 0 Å². The Morgan fingerprint density at radius 3 is 2.71 bits per heavy atom. The molecular formula is C10H18N6O3S2. The van der Waals surface area contributed by atoms with Gasteiger partial charge < -0.3 is 21.3 Å². The maximum atomic E-state index is 12.0. The van der Waals surface area contributed by atoms with E-state index in [2.05, 4.69) is 20.5 Å². The van der Waals surface area contributed by atoms with Crippen molar-refractivity contribution in [2.75, 3.05) is 49.1 Å². The van der Waals surface area contributed by atoms with Crippen molar-refractivity contribution in [2.24, 2.45) is 5.14 Å². The largest absolute Gasteiger partial charge is 0.382 e. The summed E-state index contributed by atoms with van der Waals surface area (Å²) in [6.45, 7) is 3.27. The van der Waals surface area contributed by atoms with Gasteiger partial charge in [0.05, 0.1) is 5.75 Å². The number of hydrogen-bond donors (Lipinski definition) is 4. The Morgan fingerprint density at radius 1 is 1.43 bits per heavy atom. The van der Waals surface area contributed by atoms with Crippen LogP contribution >= 0.6 is 11.3 Å². The average molecular weight is 334 g/mol. The lowest BCUT2D eigenvalue weighted by molar-refractivity contribution is 0.0961. The lowest BCUT2D eigenvalue weighted by atomic mass is 10.4. The number of piperazine rings is 1. The van der Waals surface area contributed by atoms with Crippen molar-refractivity contribution < 1.29 is 13.2 Å². The molecule has 0 unspecified atom stereocenters. The Bertz CT molecular complexity index is 608. The van der Waals surface area contributed by atoms with Gasteiger partial charge in [-0.15, -0.1) is 0 Å². The van der Waals surface area contributed by atoms with E-state index in [1.54, 1.807) is 0 Å². The van der Waals surface area contributed by atoms with Crippen LogP contribution in [0.2, 0.25) is 0 Å². The lowest BCUT2D eigenvalue weighted by Gasteiger charge is -2.26. The zero-order valence-corrected chi connectivity index (χ0v) is 13.0. The molecule has 0 saturated carbocycles. The molecule has 118 valence electrons. The van der Waals surface area contributed by atoms with Crippen molar-refractivity contribution in [3.8, 4) is 0 Å². The number of nitrogens with two attached hydrogens (primary N) is 2. The van der Waals surface area contributed by atoms with Crippen LogP contribution in [0, 0.1) is 0 Å². The van der Waals surface area contributed by atoms with E-state index in [1.165, 1.54) is 11.3 Å². The number of carbonyl (C=O) groups excluding carboxylic acids is 1. The first-order chi connectivity index (χ1) is 9.87. The fraction of sp³-hybridized carbons (Fsp3) is 0.600. The Kier molecular flexibility index (Phi) is 4.98. The van der Waals surface area contributed by atoms with Crippen molar-refractivity contribution in [1.82, 2.24) is 15.6 Å². The number of primary sulfonamides is 1. The first-order valence-corrected chi connectivity index (χ1v) is 8.90. The molecule has 11 heteroatoms. The second kappa shape index (κ2) is 6.56. The zero-order chi connectivity index (χ0) is 15.5. The predicted octanol–water partition coefficient (Wildman–Crippen LogP) is -1.85. The Hall–Kier alpha value is -1.43. The van der Waals surface area contributed by atoms with Crippen molar-refractivity contribution in [3.05, 3.63) is 4.88 Å². The molecule has 9 nitrogen and oxygen atoms in total. The number of nitrogens with one attached hydrogen (secondary N) is 2. The van der Waals surface area contributed by atoms with Gasteiger partial charge in [0.25, 0.3) is 5.91 Å². The fourth-order valence-electron chi connectivity index (χ4n) is 1.86. The number of sulfonamides is 1. The monoisotopic (exact) mass is 334 g/mol. The molecule has 1 saturated heterocycles. The summed E-state index contributed by atoms with van der Waals surface area (Å²) in [6.07, 6.45) is 0. The standard InChI is InChI=1S/C10H18N6O3S2/c11-8-7(9(17)14-3-6-21(12,18)19)20-10(15-8)16-4-1-13-2-5-16/h13H,1-6,11H2,(H,14,17)(H2,12,18,19). The van der Waals surface area contributed by atoms with Crippen LogP contribution in [0.5, 0.6) is 0 Å². The van der Waals surface area contributed by atoms with E-state index in [0.29, 0.717) is 5.13 Å². The average Bonchev–Trinajstić information content (AvgIpc) is 2.80. The highest BCUT2D eigenvalue weighted by Crippen LogP contribution is 2.28. The highest BCUT2D eigenvalue weighted by Gasteiger charge is 2.20. The Morgan fingerprint density at radius 2 is 2.10 bits per heavy atom. The molecule has 1 fully saturated rings. The van der Waals surface area contributed by atoms with Gasteiger partial charge in [0.2, 0.25) is 10.0 Å². The number of rotatable bonds is 5. The van der Waals surface area contributed by atoms with Crippen LogP contribution in [-0.2, 0) is 10.0 Å². The number of nitrogens with zero attached hydrogens (tertiary/aromatic N) is 2. The molecule has 2 heterocycles. The van der Waals surface area contributed by atoms with Gasteiger partial charge in [-0.1, -0.05) is 11.3 Å². The second-order valence-electron chi connectivity index (χ2n) is 4.57. The SMILES string of the molecule is Nc1nc(N2CCNCC2)sc1C(=O)NCCS(N)(=O)=O. The molecule has 0 atom stereocenters. The third-order valence-corrected chi connectivity index (χ3v) is 4.81. The highest BCUT2D eigenvalue weighted by molar-refractivity contribution is 7.89. The van der Waals surface area contributed by atoms with Crippen LogP contribution in [0.15, 0.2) is 0 Å². The number of hydrogen-bond acceptors (Lipinski definition) is 8. The molecule has 21 heavy (non-hydrogen) atoms. The summed E-state index contributed by atoms with van der Waals surface area (Å²) < 4.78 is 21.6. The zero-order valence-electron chi connectivity index (χ0n) is 11.3. The molecule has 1 aliphatic heterocycles. The molecular weight excluding hydrogens is 316 g/mol. The maximum Gasteiger partial charge on any atom is 0.265 e. The number of nitrogen functional groups attached to an aromatic ring is 1. The summed E-state index contributed by atoms with van der Waals surface area (Å²) >= 11 is 1.20. The minimum Gasteiger partial charge on any atom is -0.382 e. The van der Waals surface area contributed by atoms with Gasteiger partial charge in [-0.2, -0.15) is 0 Å². The Balaban J connectivity index is 1.99. The van der Waals surface area contributed by atoms with Crippen LogP contribution in [0.4, 0.5) is 10.9 Å². The predicted molar refractivity (Wildman–Crippen MR) is 81.9 cm³/mol. The molecule has 1 amide bonds. The molecule has 0 spiro atoms. The Labute approximate surface area is 126 Å². The number of anilines is 2. The molecule has 0 aromatic carbocycles. The van der Waals surface area contributed by atoms with E-state index < -0.39 is 15.9 Å². The van der Waals surface area contributed by atoms with Gasteiger partial charge in [-0.3, -0.25) is 4.79 Å². The van der Waals surface area contributed by atoms with E-state index in [1.807, 2.05) is 0 Å². The van der Waals surface area contributed by atoms with Crippen LogP contribution in [0.25, 0.3) is 0 Å². The van der Waals surface area contributed by atoms with Crippen LogP contribution < -0.4 is 26.4 Å². The van der Waals surface area contributed by atoms with E-state index in [-0.39, 0.29) is 23.0 Å². The smallest absolute Gasteiger partial charge is 0.265 e. The van der Waals surface area contributed by atoms with E-state index in [0.717, 1.165) is 26.2 Å². The number of thiazole rings is 1. The minimum absolute atomic E-state index is 0.0576. The van der Waals surface area contributed by atoms with Gasteiger partial charge in [0, 0.05) is 32.7 Å². The first-order valence-electron chi connectivity index (χ1n) is 6.37. The highest BCUT2D eigenvalue weighted by atomic mass is 32.2. The van der Waals surface area contributed by atoms with Crippen LogP contribution in [0.1, 0.15) is 9.67 Å². The molecule has 0 radical (unpaired) electrons. The third kappa shape index (κ3) is 4.52. The van der Waals surface area contributed by atoms with Crippen LogP contribution in [-0.4, -0.2) is 57.8 Å². The second-order valence-corrected chi connectivity index (χ2v) is 7.28. The van der Waals surface area contributed by atoms with Crippen molar-refractivity contribution in [3.63, 3.8) is 0 Å². The fourth-order valence-corrected chi connectivity index (χ4v) is 3.20. The lowest BCUT2D eigenvalue weighted by Crippen LogP contribution is -2.43. The van der Waals surface area contributed by atoms with Crippen LogP contribution in [0.3, 0.4) is 0 Å². The summed E-state index contributed by atoms with van der Waals surface area (Å²) in [5.74, 6) is -0.598. The summed E-state index contributed by atoms with van der Waals surface area (Å²) in [7, 11) is -3.60. The van der Waals surface area contributed by atoms with Crippen molar-refractivity contribution in [1.29, 1.82) is 0 Å². The summed E-state index contributed by atoms with van der Waals surface area (Å²) in [6, 6.07) is 0. The number of carbonyl (C=O) groups is 1. The van der Waals surface area contributed by atoms with Crippen molar-refractivity contribution in [2.45, 2.75) is 0 Å². The number of aromatic nitrogens is 1. The molecule has 1 aromatic heterocycles. The summed E-state index contributed by atoms with van der Waals surface area (Å²) in [5, 5.41) is 11.3. The molecule has 0 aliphatic carbocycles. The molecule has 1 aromatic rings.